The number of carbonyl (C=O) groups excluding carboxylic acids is 1. The largest absolute Gasteiger partial charge is 0.497 e. The van der Waals surface area contributed by atoms with E-state index in [1.807, 2.05) is 78.9 Å². The number of hydrogen-bond acceptors (Lipinski definition) is 11. The molecule has 5 rings (SSSR count). The first kappa shape index (κ1) is 42.5. The van der Waals surface area contributed by atoms with Gasteiger partial charge in [-0.25, -0.2) is 4.79 Å². The fourth-order valence-electron chi connectivity index (χ4n) is 6.46. The van der Waals surface area contributed by atoms with Crippen LogP contribution in [-0.4, -0.2) is 97.4 Å². The highest BCUT2D eigenvalue weighted by Crippen LogP contribution is 2.43. The smallest absolute Gasteiger partial charge is 0.330 e. The number of H-pyrrole nitrogens is 1. The Kier molecular flexibility index (Phi) is 15.8. The summed E-state index contributed by atoms with van der Waals surface area (Å²) in [4.78, 5) is 53.2. The molecule has 55 heavy (non-hydrogen) atoms. The summed E-state index contributed by atoms with van der Waals surface area (Å²) in [6.07, 6.45) is -3.92. The summed E-state index contributed by atoms with van der Waals surface area (Å²) < 4.78 is 36.8. The average molecular weight is 762 g/mol. The van der Waals surface area contributed by atoms with E-state index in [2.05, 4.69) is 30.7 Å². The van der Waals surface area contributed by atoms with Gasteiger partial charge in [0.1, 0.15) is 29.3 Å². The number of ether oxygens (including phenoxy) is 6. The van der Waals surface area contributed by atoms with E-state index in [0.717, 1.165) is 27.3 Å². The summed E-state index contributed by atoms with van der Waals surface area (Å²) in [5, 5.41) is 9.12. The second-order valence-corrected chi connectivity index (χ2v) is 12.6. The topological polar surface area (TPSA) is 168 Å². The quantitative estimate of drug-likeness (QED) is 0.114. The van der Waals surface area contributed by atoms with Gasteiger partial charge in [0.2, 0.25) is 0 Å². The van der Waals surface area contributed by atoms with Crippen molar-refractivity contribution in [3.8, 4) is 11.5 Å². The molecule has 0 saturated carbocycles. The highest BCUT2D eigenvalue weighted by molar-refractivity contribution is 5.76. The summed E-state index contributed by atoms with van der Waals surface area (Å²) in [5.41, 5.74) is -0.372. The summed E-state index contributed by atoms with van der Waals surface area (Å²) >= 11 is 0. The van der Waals surface area contributed by atoms with Gasteiger partial charge in [0.25, 0.3) is 5.56 Å². The maximum atomic E-state index is 12.9. The Labute approximate surface area is 320 Å². The lowest BCUT2D eigenvalue weighted by Gasteiger charge is -2.37. The van der Waals surface area contributed by atoms with E-state index in [-0.39, 0.29) is 6.61 Å². The Morgan fingerprint density at radius 1 is 0.782 bits per heavy atom. The molecule has 1 saturated heterocycles. The number of esters is 1. The first-order valence-corrected chi connectivity index (χ1v) is 18.2. The van der Waals surface area contributed by atoms with Crippen LogP contribution < -0.4 is 20.7 Å². The summed E-state index contributed by atoms with van der Waals surface area (Å²) in [5.74, 6) is -0.686. The molecule has 3 aromatic carbocycles. The lowest BCUT2D eigenvalue weighted by atomic mass is 9.80. The van der Waals surface area contributed by atoms with Crippen molar-refractivity contribution in [2.75, 3.05) is 47.6 Å². The van der Waals surface area contributed by atoms with Crippen LogP contribution in [0.3, 0.4) is 0 Å². The SMILES string of the molecule is CCN(CC)CC.COc1ccc(C(OC[C@H]2O[C@@H](n3ccc(=O)[nH]c3=O)[C@H](OC)[C@@H]2OC(=O)CCC(=O)O)(c2ccccc2)c2ccc(OC)cc2)cc1. The molecule has 1 aromatic heterocycles. The zero-order valence-corrected chi connectivity index (χ0v) is 32.1. The van der Waals surface area contributed by atoms with Crippen LogP contribution in [0.5, 0.6) is 11.5 Å². The number of aliphatic carboxylic acids is 1. The third-order valence-electron chi connectivity index (χ3n) is 9.47. The molecule has 4 aromatic rings. The minimum atomic E-state index is -1.25. The van der Waals surface area contributed by atoms with Crippen LogP contribution in [0.4, 0.5) is 0 Å². The number of carboxylic acids is 1. The fraction of sp³-hybridized carbons (Fsp3) is 0.415. The van der Waals surface area contributed by atoms with Gasteiger partial charge < -0.3 is 38.4 Å². The van der Waals surface area contributed by atoms with Crippen molar-refractivity contribution < 1.29 is 43.1 Å². The van der Waals surface area contributed by atoms with Gasteiger partial charge >= 0.3 is 17.6 Å². The first-order chi connectivity index (χ1) is 26.5. The van der Waals surface area contributed by atoms with Crippen molar-refractivity contribution in [1.82, 2.24) is 14.5 Å². The molecule has 0 bridgehead atoms. The van der Waals surface area contributed by atoms with E-state index in [1.165, 1.54) is 32.9 Å². The van der Waals surface area contributed by atoms with Crippen molar-refractivity contribution in [1.29, 1.82) is 0 Å². The number of carbonyl (C=O) groups is 2. The van der Waals surface area contributed by atoms with E-state index in [1.54, 1.807) is 14.2 Å². The number of nitrogens with one attached hydrogen (secondary N) is 1. The Hall–Kier alpha value is -5.28. The number of carboxylic acid groups (broad SMARTS) is 1. The van der Waals surface area contributed by atoms with Gasteiger partial charge in [0.05, 0.1) is 33.7 Å². The van der Waals surface area contributed by atoms with Gasteiger partial charge in [-0.1, -0.05) is 75.4 Å². The zero-order valence-electron chi connectivity index (χ0n) is 32.1. The van der Waals surface area contributed by atoms with Crippen molar-refractivity contribution >= 4 is 11.9 Å². The van der Waals surface area contributed by atoms with Crippen molar-refractivity contribution in [2.45, 2.75) is 63.8 Å². The van der Waals surface area contributed by atoms with Crippen molar-refractivity contribution in [3.63, 3.8) is 0 Å². The van der Waals surface area contributed by atoms with Crippen LogP contribution in [0.2, 0.25) is 0 Å². The van der Waals surface area contributed by atoms with Gasteiger partial charge in [0, 0.05) is 19.4 Å². The van der Waals surface area contributed by atoms with E-state index in [4.69, 9.17) is 33.5 Å². The third kappa shape index (κ3) is 10.5. The molecule has 0 unspecified atom stereocenters. The molecule has 14 heteroatoms. The number of rotatable bonds is 17. The zero-order chi connectivity index (χ0) is 40.0. The second kappa shape index (κ2) is 20.4. The van der Waals surface area contributed by atoms with Gasteiger partial charge in [-0.3, -0.25) is 23.9 Å². The predicted molar refractivity (Wildman–Crippen MR) is 205 cm³/mol. The molecular weight excluding hydrogens is 710 g/mol. The Balaban J connectivity index is 0.000000876. The molecule has 1 fully saturated rings. The van der Waals surface area contributed by atoms with E-state index in [0.29, 0.717) is 11.5 Å². The molecule has 296 valence electrons. The molecule has 0 spiro atoms. The van der Waals surface area contributed by atoms with E-state index < -0.39 is 66.2 Å². The minimum Gasteiger partial charge on any atom is -0.497 e. The maximum absolute atomic E-state index is 12.9. The highest BCUT2D eigenvalue weighted by Gasteiger charge is 2.50. The number of nitrogens with zero attached hydrogens (tertiary/aromatic N) is 2. The Morgan fingerprint density at radius 2 is 1.33 bits per heavy atom. The van der Waals surface area contributed by atoms with Crippen molar-refractivity contribution in [3.05, 3.63) is 129 Å². The van der Waals surface area contributed by atoms with Crippen LogP contribution in [0.25, 0.3) is 0 Å². The fourth-order valence-corrected chi connectivity index (χ4v) is 6.46. The number of aromatic nitrogens is 2. The standard InChI is InChI=1S/C35H36N2O11.C6H15N/c1-43-25-13-9-23(10-14-25)35(22-7-5-4-6-8-22,24-11-15-26(44-2)16-12-24)46-21-27-31(48-30(41)18-17-29(39)40)32(45-3)33(47-27)37-20-19-28(38)36-34(37)42;1-4-7(5-2)6-3/h4-16,19-20,27,31-33H,17-18,21H2,1-3H3,(H,39,40)(H,36,38,42);4-6H2,1-3H3/t27-,31-,32-,33-;/m1./s1. The maximum Gasteiger partial charge on any atom is 0.330 e. The van der Waals surface area contributed by atoms with Gasteiger partial charge in [-0.05, 0) is 60.6 Å². The lowest BCUT2D eigenvalue weighted by molar-refractivity contribution is -0.161. The molecule has 14 nitrogen and oxygen atoms in total. The minimum absolute atomic E-state index is 0.196. The molecule has 4 atom stereocenters. The van der Waals surface area contributed by atoms with Gasteiger partial charge in [0.15, 0.2) is 12.3 Å². The first-order valence-electron chi connectivity index (χ1n) is 18.2. The van der Waals surface area contributed by atoms with E-state index in [9.17, 15) is 19.2 Å². The summed E-state index contributed by atoms with van der Waals surface area (Å²) in [6, 6.07) is 25.5. The van der Waals surface area contributed by atoms with Crippen LogP contribution in [0.1, 0.15) is 56.5 Å². The molecule has 0 radical (unpaired) electrons. The molecule has 2 heterocycles. The number of hydrogen-bond donors (Lipinski definition) is 2. The van der Waals surface area contributed by atoms with Crippen LogP contribution in [0.15, 0.2) is 101 Å². The summed E-state index contributed by atoms with van der Waals surface area (Å²) in [6.45, 7) is 9.93. The summed E-state index contributed by atoms with van der Waals surface area (Å²) in [7, 11) is 4.51. The van der Waals surface area contributed by atoms with Crippen LogP contribution in [0, 0.1) is 0 Å². The molecule has 1 aliphatic heterocycles. The predicted octanol–water partition coefficient (Wildman–Crippen LogP) is 4.60. The molecule has 1 aliphatic rings. The van der Waals surface area contributed by atoms with Crippen LogP contribution >= 0.6 is 0 Å². The third-order valence-corrected chi connectivity index (χ3v) is 9.47. The monoisotopic (exact) mass is 761 g/mol. The second-order valence-electron chi connectivity index (χ2n) is 12.6. The lowest BCUT2D eigenvalue weighted by Crippen LogP contribution is -2.43. The molecule has 2 N–H and O–H groups in total. The van der Waals surface area contributed by atoms with Crippen LogP contribution in [-0.2, 0) is 34.1 Å². The molecule has 0 amide bonds. The van der Waals surface area contributed by atoms with Crippen molar-refractivity contribution in [2.24, 2.45) is 0 Å². The number of aromatic amines is 1. The van der Waals surface area contributed by atoms with Gasteiger partial charge in [-0.2, -0.15) is 0 Å². The van der Waals surface area contributed by atoms with E-state index >= 15 is 0 Å². The normalized spacial score (nSPS) is 17.9. The number of methoxy groups -OCH3 is 3. The Bertz CT molecular complexity index is 1860. The highest BCUT2D eigenvalue weighted by atomic mass is 16.6. The Morgan fingerprint density at radius 3 is 1.78 bits per heavy atom. The van der Waals surface area contributed by atoms with Gasteiger partial charge in [-0.15, -0.1) is 0 Å². The average Bonchev–Trinajstić information content (AvgIpc) is 3.55. The number of benzene rings is 3. The molecule has 0 aliphatic carbocycles. The molecular formula is C41H51N3O11.